The number of hydrogen-bond donors (Lipinski definition) is 1. The third-order valence-electron chi connectivity index (χ3n) is 5.23. The summed E-state index contributed by atoms with van der Waals surface area (Å²) in [5.74, 6) is 0.438. The van der Waals surface area contributed by atoms with Gasteiger partial charge in [-0.2, -0.15) is 0 Å². The highest BCUT2D eigenvalue weighted by molar-refractivity contribution is 7.88. The first-order valence-corrected chi connectivity index (χ1v) is 11.6. The molecule has 2 aromatic carbocycles. The molecular weight excluding hydrogens is 388 g/mol. The Bertz CT molecular complexity index is 951. The van der Waals surface area contributed by atoms with Crippen molar-refractivity contribution in [2.24, 2.45) is 5.92 Å². The second-order valence-electron chi connectivity index (χ2n) is 7.31. The van der Waals surface area contributed by atoms with Crippen LogP contribution in [0.1, 0.15) is 30.9 Å². The molecule has 0 spiro atoms. The minimum Gasteiger partial charge on any atom is -0.494 e. The summed E-state index contributed by atoms with van der Waals surface area (Å²) >= 11 is 0. The number of hydrogen-bond acceptors (Lipinski definition) is 4. The molecule has 0 unspecified atom stereocenters. The average molecular weight is 417 g/mol. The van der Waals surface area contributed by atoms with Gasteiger partial charge in [-0.25, -0.2) is 12.7 Å². The largest absolute Gasteiger partial charge is 0.494 e. The van der Waals surface area contributed by atoms with Crippen molar-refractivity contribution in [3.8, 4) is 5.75 Å². The zero-order valence-corrected chi connectivity index (χ0v) is 17.7. The monoisotopic (exact) mass is 416 g/mol. The summed E-state index contributed by atoms with van der Waals surface area (Å²) in [6.45, 7) is 5.12. The molecule has 1 fully saturated rings. The van der Waals surface area contributed by atoms with Gasteiger partial charge in [0.15, 0.2) is 0 Å². The van der Waals surface area contributed by atoms with Crippen molar-refractivity contribution in [3.05, 3.63) is 59.7 Å². The topological polar surface area (TPSA) is 75.7 Å². The van der Waals surface area contributed by atoms with Crippen molar-refractivity contribution < 1.29 is 17.9 Å². The van der Waals surface area contributed by atoms with Crippen LogP contribution in [0, 0.1) is 12.8 Å². The molecule has 2 aromatic rings. The fourth-order valence-corrected chi connectivity index (χ4v) is 5.20. The van der Waals surface area contributed by atoms with E-state index in [1.54, 1.807) is 6.07 Å². The molecule has 1 aliphatic rings. The van der Waals surface area contributed by atoms with Crippen molar-refractivity contribution in [3.63, 3.8) is 0 Å². The quantitative estimate of drug-likeness (QED) is 0.749. The fraction of sp³-hybridized carbons (Fsp3) is 0.409. The zero-order chi connectivity index (χ0) is 20.9. The van der Waals surface area contributed by atoms with Crippen LogP contribution in [0.25, 0.3) is 0 Å². The summed E-state index contributed by atoms with van der Waals surface area (Å²) < 4.78 is 32.5. The molecule has 3 rings (SSSR count). The van der Waals surface area contributed by atoms with E-state index in [0.29, 0.717) is 44.0 Å². The fourth-order valence-electron chi connectivity index (χ4n) is 3.53. The molecule has 156 valence electrons. The Kier molecular flexibility index (Phi) is 6.92. The van der Waals surface area contributed by atoms with E-state index in [2.05, 4.69) is 5.32 Å². The zero-order valence-electron chi connectivity index (χ0n) is 16.9. The Hall–Kier alpha value is -2.38. The Balaban J connectivity index is 1.56. The van der Waals surface area contributed by atoms with E-state index >= 15 is 0 Å². The molecule has 0 radical (unpaired) electrons. The lowest BCUT2D eigenvalue weighted by atomic mass is 9.97. The molecule has 0 bridgehead atoms. The molecule has 0 aliphatic carbocycles. The van der Waals surface area contributed by atoms with Gasteiger partial charge in [0.2, 0.25) is 15.9 Å². The Morgan fingerprint density at radius 1 is 1.14 bits per heavy atom. The van der Waals surface area contributed by atoms with Crippen LogP contribution in [0.4, 0.5) is 5.69 Å². The normalized spacial score (nSPS) is 15.8. The molecule has 29 heavy (non-hydrogen) atoms. The number of aryl methyl sites for hydroxylation is 1. The third-order valence-corrected chi connectivity index (χ3v) is 7.06. The molecule has 6 nitrogen and oxygen atoms in total. The molecule has 0 saturated carbocycles. The Morgan fingerprint density at radius 2 is 1.86 bits per heavy atom. The number of piperidine rings is 1. The maximum absolute atomic E-state index is 12.8. The van der Waals surface area contributed by atoms with E-state index in [-0.39, 0.29) is 17.6 Å². The molecule has 1 amide bonds. The van der Waals surface area contributed by atoms with E-state index in [1.165, 1.54) is 4.31 Å². The molecule has 0 atom stereocenters. The van der Waals surface area contributed by atoms with Gasteiger partial charge in [-0.05, 0) is 49.9 Å². The van der Waals surface area contributed by atoms with Gasteiger partial charge in [-0.15, -0.1) is 0 Å². The minimum absolute atomic E-state index is 0.000751. The highest BCUT2D eigenvalue weighted by atomic mass is 32.2. The van der Waals surface area contributed by atoms with Crippen LogP contribution in [0.2, 0.25) is 0 Å². The van der Waals surface area contributed by atoms with E-state index in [0.717, 1.165) is 11.1 Å². The van der Waals surface area contributed by atoms with E-state index in [1.807, 2.05) is 56.3 Å². The predicted molar refractivity (Wildman–Crippen MR) is 114 cm³/mol. The van der Waals surface area contributed by atoms with Crippen molar-refractivity contribution in [2.45, 2.75) is 32.4 Å². The van der Waals surface area contributed by atoms with Crippen LogP contribution in [0.15, 0.2) is 48.5 Å². The maximum Gasteiger partial charge on any atom is 0.227 e. The number of nitrogens with one attached hydrogen (secondary N) is 1. The van der Waals surface area contributed by atoms with Crippen LogP contribution >= 0.6 is 0 Å². The molecule has 7 heteroatoms. The third kappa shape index (κ3) is 5.58. The van der Waals surface area contributed by atoms with Crippen LogP contribution in [-0.4, -0.2) is 38.3 Å². The summed E-state index contributed by atoms with van der Waals surface area (Å²) in [5.41, 5.74) is 2.48. The number of carbonyl (C=O) groups excluding carboxylic acids is 1. The molecule has 1 aliphatic heterocycles. The molecule has 1 N–H and O–H groups in total. The van der Waals surface area contributed by atoms with Gasteiger partial charge in [-0.1, -0.05) is 30.3 Å². The van der Waals surface area contributed by atoms with Gasteiger partial charge in [-0.3, -0.25) is 4.79 Å². The smallest absolute Gasteiger partial charge is 0.227 e. The van der Waals surface area contributed by atoms with E-state index in [9.17, 15) is 13.2 Å². The second-order valence-corrected chi connectivity index (χ2v) is 9.28. The van der Waals surface area contributed by atoms with Gasteiger partial charge in [0.1, 0.15) is 5.75 Å². The minimum atomic E-state index is -3.39. The maximum atomic E-state index is 12.8. The highest BCUT2D eigenvalue weighted by Crippen LogP contribution is 2.25. The van der Waals surface area contributed by atoms with Crippen molar-refractivity contribution in [1.82, 2.24) is 4.31 Å². The van der Waals surface area contributed by atoms with Crippen LogP contribution in [-0.2, 0) is 20.6 Å². The standard InChI is InChI=1S/C22H28N2O4S/c1-3-28-21-10-6-9-20(15-21)23-22(25)18-11-13-24(14-12-18)29(26,27)16-19-8-5-4-7-17(19)2/h4-10,15,18H,3,11-14,16H2,1-2H3,(H,23,25). The van der Waals surface area contributed by atoms with Crippen LogP contribution < -0.4 is 10.1 Å². The first kappa shape index (κ1) is 21.3. The van der Waals surface area contributed by atoms with E-state index in [4.69, 9.17) is 4.74 Å². The Labute approximate surface area is 172 Å². The van der Waals surface area contributed by atoms with Crippen molar-refractivity contribution >= 4 is 21.6 Å². The van der Waals surface area contributed by atoms with Crippen molar-refractivity contribution in [2.75, 3.05) is 25.0 Å². The number of ether oxygens (including phenoxy) is 1. The number of amides is 1. The van der Waals surface area contributed by atoms with Crippen molar-refractivity contribution in [1.29, 1.82) is 0 Å². The number of carbonyl (C=O) groups is 1. The molecule has 0 aromatic heterocycles. The summed E-state index contributed by atoms with van der Waals surface area (Å²) in [5, 5.41) is 2.92. The lowest BCUT2D eigenvalue weighted by molar-refractivity contribution is -0.120. The second kappa shape index (κ2) is 9.41. The van der Waals surface area contributed by atoms with Crippen LogP contribution in [0.3, 0.4) is 0 Å². The average Bonchev–Trinajstić information content (AvgIpc) is 2.70. The summed E-state index contributed by atoms with van der Waals surface area (Å²) in [6, 6.07) is 14.8. The van der Waals surface area contributed by atoms with E-state index < -0.39 is 10.0 Å². The lowest BCUT2D eigenvalue weighted by Crippen LogP contribution is -2.41. The number of benzene rings is 2. The van der Waals surface area contributed by atoms with Gasteiger partial charge in [0, 0.05) is 30.8 Å². The summed E-state index contributed by atoms with van der Waals surface area (Å²) in [7, 11) is -3.39. The lowest BCUT2D eigenvalue weighted by Gasteiger charge is -2.30. The number of nitrogens with zero attached hydrogens (tertiary/aromatic N) is 1. The van der Waals surface area contributed by atoms with Gasteiger partial charge >= 0.3 is 0 Å². The van der Waals surface area contributed by atoms with Gasteiger partial charge < -0.3 is 10.1 Å². The number of anilines is 1. The molecule has 1 heterocycles. The highest BCUT2D eigenvalue weighted by Gasteiger charge is 2.31. The predicted octanol–water partition coefficient (Wildman–Crippen LogP) is 3.57. The first-order chi connectivity index (χ1) is 13.9. The van der Waals surface area contributed by atoms with Gasteiger partial charge in [0.25, 0.3) is 0 Å². The van der Waals surface area contributed by atoms with Gasteiger partial charge in [0.05, 0.1) is 12.4 Å². The number of sulfonamides is 1. The van der Waals surface area contributed by atoms with Crippen LogP contribution in [0.5, 0.6) is 5.75 Å². The SMILES string of the molecule is CCOc1cccc(NC(=O)C2CCN(S(=O)(=O)Cc3ccccc3C)CC2)c1. The number of rotatable bonds is 7. The summed E-state index contributed by atoms with van der Waals surface area (Å²) in [4.78, 5) is 12.6. The molecular formula is C22H28N2O4S. The Morgan fingerprint density at radius 3 is 2.55 bits per heavy atom. The first-order valence-electron chi connectivity index (χ1n) is 9.95. The molecule has 1 saturated heterocycles. The summed E-state index contributed by atoms with van der Waals surface area (Å²) in [6.07, 6.45) is 1.04.